The van der Waals surface area contributed by atoms with Crippen molar-refractivity contribution in [1.82, 2.24) is 10.2 Å². The number of nitrogens with zero attached hydrogens (tertiary/aromatic N) is 1. The second-order valence-corrected chi connectivity index (χ2v) is 9.01. The Labute approximate surface area is 200 Å². The Morgan fingerprint density at radius 1 is 0.971 bits per heavy atom. The zero-order chi connectivity index (χ0) is 23.8. The predicted molar refractivity (Wildman–Crippen MR) is 133 cm³/mol. The minimum atomic E-state index is -0.296. The number of carbonyl (C=O) groups is 1. The van der Waals surface area contributed by atoms with Crippen molar-refractivity contribution in [3.63, 3.8) is 0 Å². The Balaban J connectivity index is 1.27. The summed E-state index contributed by atoms with van der Waals surface area (Å²) >= 11 is 0. The summed E-state index contributed by atoms with van der Waals surface area (Å²) in [5.74, 6) is 0.610. The van der Waals surface area contributed by atoms with E-state index < -0.39 is 0 Å². The van der Waals surface area contributed by atoms with Crippen LogP contribution in [0.15, 0.2) is 72.8 Å². The lowest BCUT2D eigenvalue weighted by Crippen LogP contribution is -2.34. The van der Waals surface area contributed by atoms with E-state index in [-0.39, 0.29) is 17.6 Å². The van der Waals surface area contributed by atoms with Crippen molar-refractivity contribution in [3.05, 3.63) is 95.3 Å². The Hall–Kier alpha value is -3.38. The number of aromatic hydroxyl groups is 1. The van der Waals surface area contributed by atoms with E-state index in [1.165, 1.54) is 17.7 Å². The Morgan fingerprint density at radius 2 is 1.71 bits per heavy atom. The molecule has 5 nitrogen and oxygen atoms in total. The molecular weight excluding hydrogens is 429 g/mol. The van der Waals surface area contributed by atoms with Crippen LogP contribution in [0.3, 0.4) is 0 Å². The maximum atomic E-state index is 13.0. The normalized spacial score (nSPS) is 14.6. The Kier molecular flexibility index (Phi) is 8.15. The maximum absolute atomic E-state index is 13.0. The molecule has 3 aromatic carbocycles. The van der Waals surface area contributed by atoms with Crippen LogP contribution >= 0.6 is 0 Å². The van der Waals surface area contributed by atoms with Crippen LogP contribution in [-0.4, -0.2) is 35.7 Å². The predicted octanol–water partition coefficient (Wildman–Crippen LogP) is 5.35. The molecule has 1 heterocycles. The molecule has 2 amide bonds. The number of urea groups is 1. The quantitative estimate of drug-likeness (QED) is 0.396. The average molecular weight is 462 g/mol. The van der Waals surface area contributed by atoms with Crippen molar-refractivity contribution in [2.24, 2.45) is 5.92 Å². The number of anilines is 1. The first-order chi connectivity index (χ1) is 16.5. The zero-order valence-corrected chi connectivity index (χ0v) is 19.3. The van der Waals surface area contributed by atoms with Crippen molar-refractivity contribution >= 4 is 11.7 Å². The number of benzene rings is 3. The molecule has 0 aromatic heterocycles. The van der Waals surface area contributed by atoms with Gasteiger partial charge in [0.25, 0.3) is 0 Å². The second-order valence-electron chi connectivity index (χ2n) is 9.01. The Morgan fingerprint density at radius 3 is 2.44 bits per heavy atom. The third-order valence-electron chi connectivity index (χ3n) is 6.42. The van der Waals surface area contributed by atoms with E-state index in [9.17, 15) is 14.3 Å². The van der Waals surface area contributed by atoms with E-state index in [1.807, 2.05) is 0 Å². The summed E-state index contributed by atoms with van der Waals surface area (Å²) in [6.45, 7) is 3.12. The van der Waals surface area contributed by atoms with Crippen LogP contribution in [0.25, 0.3) is 0 Å². The largest absolute Gasteiger partial charge is 0.508 e. The number of phenolic OH excluding ortho intramolecular Hbond substituents is 1. The lowest BCUT2D eigenvalue weighted by Gasteiger charge is -2.32. The van der Waals surface area contributed by atoms with Gasteiger partial charge in [-0.05, 0) is 91.7 Å². The van der Waals surface area contributed by atoms with Crippen molar-refractivity contribution < 1.29 is 14.3 Å². The molecule has 4 rings (SSSR count). The molecule has 0 aliphatic carbocycles. The molecule has 0 radical (unpaired) electrons. The SMILES string of the molecule is O=C(NCCc1ccc(F)cc1)Nc1ccc(O)cc1CN1CCC(Cc2ccccc2)CC1. The molecule has 3 aromatic rings. The topological polar surface area (TPSA) is 64.6 Å². The van der Waals surface area contributed by atoms with Gasteiger partial charge in [0, 0.05) is 18.8 Å². The van der Waals surface area contributed by atoms with E-state index in [1.54, 1.807) is 30.3 Å². The van der Waals surface area contributed by atoms with E-state index in [0.29, 0.717) is 31.1 Å². The summed E-state index contributed by atoms with van der Waals surface area (Å²) < 4.78 is 13.0. The number of halogens is 1. The van der Waals surface area contributed by atoms with Gasteiger partial charge in [0.15, 0.2) is 0 Å². The fourth-order valence-corrected chi connectivity index (χ4v) is 4.51. The summed E-state index contributed by atoms with van der Waals surface area (Å²) in [4.78, 5) is 14.8. The van der Waals surface area contributed by atoms with Crippen molar-refractivity contribution in [1.29, 1.82) is 0 Å². The third kappa shape index (κ3) is 7.06. The number of hydrogen-bond donors (Lipinski definition) is 3. The van der Waals surface area contributed by atoms with Crippen molar-refractivity contribution in [2.45, 2.75) is 32.2 Å². The van der Waals surface area contributed by atoms with Gasteiger partial charge in [-0.2, -0.15) is 0 Å². The van der Waals surface area contributed by atoms with Crippen molar-refractivity contribution in [3.8, 4) is 5.75 Å². The number of rotatable bonds is 8. The first kappa shape index (κ1) is 23.8. The maximum Gasteiger partial charge on any atom is 0.319 e. The fraction of sp³-hybridized carbons (Fsp3) is 0.321. The molecule has 0 saturated carbocycles. The van der Waals surface area contributed by atoms with Gasteiger partial charge >= 0.3 is 6.03 Å². The molecule has 0 spiro atoms. The number of piperidine rings is 1. The smallest absolute Gasteiger partial charge is 0.319 e. The van der Waals surface area contributed by atoms with Crippen LogP contribution < -0.4 is 10.6 Å². The monoisotopic (exact) mass is 461 g/mol. The van der Waals surface area contributed by atoms with Crippen LogP contribution in [-0.2, 0) is 19.4 Å². The zero-order valence-electron chi connectivity index (χ0n) is 19.3. The number of amides is 2. The minimum absolute atomic E-state index is 0.191. The van der Waals surface area contributed by atoms with Gasteiger partial charge in [-0.25, -0.2) is 9.18 Å². The molecule has 1 fully saturated rings. The minimum Gasteiger partial charge on any atom is -0.508 e. The lowest BCUT2D eigenvalue weighted by molar-refractivity contribution is 0.177. The Bertz CT molecular complexity index is 1060. The van der Waals surface area contributed by atoms with Crippen LogP contribution in [0.5, 0.6) is 5.75 Å². The molecule has 3 N–H and O–H groups in total. The summed E-state index contributed by atoms with van der Waals surface area (Å²) in [7, 11) is 0. The van der Waals surface area contributed by atoms with Crippen LogP contribution in [0.2, 0.25) is 0 Å². The molecule has 1 aliphatic heterocycles. The van der Waals surface area contributed by atoms with Gasteiger partial charge in [0.05, 0.1) is 0 Å². The standard InChI is InChI=1S/C28H32FN3O2/c29-25-8-6-21(7-9-25)12-15-30-28(34)31-27-11-10-26(33)19-24(27)20-32-16-13-23(14-17-32)18-22-4-2-1-3-5-22/h1-11,19,23,33H,12-18,20H2,(H2,30,31,34). The number of carbonyl (C=O) groups excluding carboxylic acids is 1. The highest BCUT2D eigenvalue weighted by Crippen LogP contribution is 2.27. The van der Waals surface area contributed by atoms with Gasteiger partial charge in [-0.1, -0.05) is 42.5 Å². The third-order valence-corrected chi connectivity index (χ3v) is 6.42. The molecule has 1 saturated heterocycles. The van der Waals surface area contributed by atoms with Crippen LogP contribution in [0.4, 0.5) is 14.9 Å². The molecule has 34 heavy (non-hydrogen) atoms. The van der Waals surface area contributed by atoms with Gasteiger partial charge in [0.1, 0.15) is 11.6 Å². The average Bonchev–Trinajstić information content (AvgIpc) is 2.84. The molecule has 1 aliphatic rings. The highest BCUT2D eigenvalue weighted by molar-refractivity contribution is 5.90. The highest BCUT2D eigenvalue weighted by atomic mass is 19.1. The number of nitrogens with one attached hydrogen (secondary N) is 2. The molecule has 6 heteroatoms. The van der Waals surface area contributed by atoms with Gasteiger partial charge in [-0.15, -0.1) is 0 Å². The molecule has 0 atom stereocenters. The van der Waals surface area contributed by atoms with Gasteiger partial charge < -0.3 is 15.7 Å². The van der Waals surface area contributed by atoms with E-state index in [0.717, 1.165) is 43.5 Å². The highest BCUT2D eigenvalue weighted by Gasteiger charge is 2.21. The van der Waals surface area contributed by atoms with Crippen LogP contribution in [0, 0.1) is 11.7 Å². The number of hydrogen-bond acceptors (Lipinski definition) is 3. The van der Waals surface area contributed by atoms with Gasteiger partial charge in [0.2, 0.25) is 0 Å². The summed E-state index contributed by atoms with van der Waals surface area (Å²) in [5.41, 5.74) is 3.95. The lowest BCUT2D eigenvalue weighted by atomic mass is 9.90. The second kappa shape index (κ2) is 11.7. The van der Waals surface area contributed by atoms with E-state index in [4.69, 9.17) is 0 Å². The first-order valence-electron chi connectivity index (χ1n) is 11.9. The summed E-state index contributed by atoms with van der Waals surface area (Å²) in [5, 5.41) is 15.8. The number of likely N-dealkylation sites (tertiary alicyclic amines) is 1. The number of phenols is 1. The van der Waals surface area contributed by atoms with E-state index >= 15 is 0 Å². The summed E-state index contributed by atoms with van der Waals surface area (Å²) in [6, 6.07) is 21.7. The molecule has 0 unspecified atom stereocenters. The molecule has 0 bridgehead atoms. The van der Waals surface area contributed by atoms with E-state index in [2.05, 4.69) is 45.9 Å². The first-order valence-corrected chi connectivity index (χ1v) is 11.9. The molecular formula is C28H32FN3O2. The van der Waals surface area contributed by atoms with Crippen molar-refractivity contribution in [2.75, 3.05) is 25.0 Å². The van der Waals surface area contributed by atoms with Crippen LogP contribution in [0.1, 0.15) is 29.5 Å². The summed E-state index contributed by atoms with van der Waals surface area (Å²) in [6.07, 6.45) is 4.01. The molecule has 178 valence electrons. The van der Waals surface area contributed by atoms with Gasteiger partial charge in [-0.3, -0.25) is 4.90 Å². The fourth-order valence-electron chi connectivity index (χ4n) is 4.51.